The van der Waals surface area contributed by atoms with Crippen LogP contribution in [0.1, 0.15) is 41.0 Å². The molecule has 1 aliphatic carbocycles. The van der Waals surface area contributed by atoms with Gasteiger partial charge in [-0.3, -0.25) is 9.59 Å². The van der Waals surface area contributed by atoms with Gasteiger partial charge in [0.1, 0.15) is 11.0 Å². The summed E-state index contributed by atoms with van der Waals surface area (Å²) in [6.07, 6.45) is -0.989. The highest BCUT2D eigenvalue weighted by Crippen LogP contribution is 2.62. The minimum absolute atomic E-state index is 0.128. The second-order valence-corrected chi connectivity index (χ2v) is 9.40. The number of hydrogen-bond acceptors (Lipinski definition) is 5. The minimum Gasteiger partial charge on any atom is -0.466 e. The highest BCUT2D eigenvalue weighted by atomic mass is 19.3. The molecule has 0 radical (unpaired) electrons. The van der Waals surface area contributed by atoms with Gasteiger partial charge < -0.3 is 19.3 Å². The van der Waals surface area contributed by atoms with Crippen LogP contribution in [0.25, 0.3) is 0 Å². The number of halogens is 2. The van der Waals surface area contributed by atoms with E-state index in [1.54, 1.807) is 27.7 Å². The molecule has 2 amide bonds. The van der Waals surface area contributed by atoms with Crippen molar-refractivity contribution in [2.75, 3.05) is 32.8 Å². The van der Waals surface area contributed by atoms with Crippen LogP contribution in [-0.2, 0) is 19.1 Å². The van der Waals surface area contributed by atoms with E-state index in [9.17, 15) is 23.2 Å². The Bertz CT molecular complexity index is 699. The first-order valence-electron chi connectivity index (χ1n) is 9.56. The van der Waals surface area contributed by atoms with Gasteiger partial charge in [0.15, 0.2) is 0 Å². The van der Waals surface area contributed by atoms with E-state index in [2.05, 4.69) is 0 Å². The van der Waals surface area contributed by atoms with Crippen LogP contribution < -0.4 is 0 Å². The van der Waals surface area contributed by atoms with Crippen LogP contribution in [0.3, 0.4) is 0 Å². The Balaban J connectivity index is 1.72. The highest BCUT2D eigenvalue weighted by Gasteiger charge is 2.75. The molecule has 2 atom stereocenters. The van der Waals surface area contributed by atoms with Crippen molar-refractivity contribution in [3.05, 3.63) is 0 Å². The van der Waals surface area contributed by atoms with Crippen LogP contribution in [0.15, 0.2) is 0 Å². The van der Waals surface area contributed by atoms with E-state index in [0.717, 1.165) is 0 Å². The van der Waals surface area contributed by atoms with Gasteiger partial charge in [-0.2, -0.15) is 0 Å². The Hall–Kier alpha value is -1.93. The number of hydrogen-bond donors (Lipinski definition) is 0. The maximum atomic E-state index is 13.6. The Kier molecular flexibility index (Phi) is 4.67. The number of ether oxygens (including phenoxy) is 2. The predicted octanol–water partition coefficient (Wildman–Crippen LogP) is 2.29. The van der Waals surface area contributed by atoms with Crippen LogP contribution >= 0.6 is 0 Å². The molecule has 3 fully saturated rings. The topological polar surface area (TPSA) is 76.2 Å². The molecule has 0 bridgehead atoms. The number of nitrogens with zero attached hydrogens (tertiary/aromatic N) is 2. The molecule has 3 rings (SSSR count). The molecule has 2 heterocycles. The van der Waals surface area contributed by atoms with Gasteiger partial charge in [-0.15, -0.1) is 0 Å². The minimum atomic E-state index is -2.98. The summed E-state index contributed by atoms with van der Waals surface area (Å²) < 4.78 is 37.7. The summed E-state index contributed by atoms with van der Waals surface area (Å²) in [4.78, 5) is 40.2. The largest absolute Gasteiger partial charge is 0.466 e. The maximum absolute atomic E-state index is 13.6. The third-order valence-electron chi connectivity index (χ3n) is 5.90. The fourth-order valence-corrected chi connectivity index (χ4v) is 4.16. The zero-order valence-electron chi connectivity index (χ0n) is 17.0. The molecule has 0 aromatic rings. The molecular formula is C19H28F2N2O5. The smallest absolute Gasteiger partial charge is 0.410 e. The van der Waals surface area contributed by atoms with Crippen LogP contribution in [0, 0.1) is 16.7 Å². The van der Waals surface area contributed by atoms with Crippen molar-refractivity contribution in [2.45, 2.75) is 52.6 Å². The van der Waals surface area contributed by atoms with E-state index in [1.165, 1.54) is 16.7 Å². The van der Waals surface area contributed by atoms with E-state index in [4.69, 9.17) is 9.47 Å². The van der Waals surface area contributed by atoms with E-state index >= 15 is 0 Å². The van der Waals surface area contributed by atoms with Crippen LogP contribution in [-0.4, -0.2) is 72.1 Å². The fourth-order valence-electron chi connectivity index (χ4n) is 4.16. The molecule has 3 aliphatic rings. The molecule has 7 nitrogen and oxygen atoms in total. The van der Waals surface area contributed by atoms with Gasteiger partial charge in [0, 0.05) is 38.0 Å². The van der Waals surface area contributed by atoms with Gasteiger partial charge in [0.25, 0.3) is 5.92 Å². The number of esters is 1. The second-order valence-electron chi connectivity index (χ2n) is 9.40. The lowest BCUT2D eigenvalue weighted by Gasteiger charge is -2.50. The normalized spacial score (nSPS) is 30.0. The average molecular weight is 402 g/mol. The monoisotopic (exact) mass is 402 g/mol. The molecule has 2 saturated heterocycles. The molecule has 28 heavy (non-hydrogen) atoms. The molecule has 2 unspecified atom stereocenters. The summed E-state index contributed by atoms with van der Waals surface area (Å²) in [6, 6.07) is 0. The predicted molar refractivity (Wildman–Crippen MR) is 94.6 cm³/mol. The van der Waals surface area contributed by atoms with Gasteiger partial charge in [0.05, 0.1) is 12.5 Å². The third kappa shape index (κ3) is 3.33. The number of rotatable bonds is 3. The lowest BCUT2D eigenvalue weighted by molar-refractivity contribution is -0.165. The molecule has 1 spiro atoms. The first-order valence-corrected chi connectivity index (χ1v) is 9.56. The standard InChI is InChI=1S/C19H28F2N2O5/c1-6-27-13(24)12-7-22(15(26)28-16(2,3)4)9-18(12)10-23(11-18)14(25)17(5)8-19(17,20)21/h12H,6-11H2,1-5H3. The fraction of sp³-hybridized carbons (Fsp3) is 0.842. The van der Waals surface area contributed by atoms with Crippen LogP contribution in [0.5, 0.6) is 0 Å². The van der Waals surface area contributed by atoms with Gasteiger partial charge >= 0.3 is 12.1 Å². The van der Waals surface area contributed by atoms with Crippen molar-refractivity contribution in [3.8, 4) is 0 Å². The van der Waals surface area contributed by atoms with Crippen LogP contribution in [0.4, 0.5) is 13.6 Å². The SMILES string of the molecule is CCOC(=O)C1CN(C(=O)OC(C)(C)C)CC12CN(C(=O)C1(C)CC1(F)F)C2. The van der Waals surface area contributed by atoms with Gasteiger partial charge in [-0.1, -0.05) is 0 Å². The summed E-state index contributed by atoms with van der Waals surface area (Å²) in [5, 5.41) is 0. The number of carbonyl (C=O) groups excluding carboxylic acids is 3. The Morgan fingerprint density at radius 2 is 1.64 bits per heavy atom. The Morgan fingerprint density at radius 1 is 1.11 bits per heavy atom. The second kappa shape index (κ2) is 6.29. The third-order valence-corrected chi connectivity index (χ3v) is 5.90. The molecule has 0 aromatic carbocycles. The van der Waals surface area contributed by atoms with Crippen LogP contribution in [0.2, 0.25) is 0 Å². The van der Waals surface area contributed by atoms with Crippen molar-refractivity contribution in [3.63, 3.8) is 0 Å². The van der Waals surface area contributed by atoms with E-state index in [-0.39, 0.29) is 32.8 Å². The molecule has 9 heteroatoms. The zero-order valence-corrected chi connectivity index (χ0v) is 17.0. The van der Waals surface area contributed by atoms with E-state index in [0.29, 0.717) is 0 Å². The molecule has 158 valence electrons. The number of amides is 2. The quantitative estimate of drug-likeness (QED) is 0.677. The first-order chi connectivity index (χ1) is 12.7. The van der Waals surface area contributed by atoms with E-state index in [1.807, 2.05) is 0 Å². The van der Waals surface area contributed by atoms with Gasteiger partial charge in [-0.25, -0.2) is 13.6 Å². The van der Waals surface area contributed by atoms with Crippen molar-refractivity contribution in [1.82, 2.24) is 9.80 Å². The lowest BCUT2D eigenvalue weighted by atomic mass is 9.71. The summed E-state index contributed by atoms with van der Waals surface area (Å²) >= 11 is 0. The molecule has 0 aromatic heterocycles. The molecule has 0 N–H and O–H groups in total. The summed E-state index contributed by atoms with van der Waals surface area (Å²) in [5.74, 6) is -4.63. The van der Waals surface area contributed by atoms with Gasteiger partial charge in [-0.05, 0) is 34.6 Å². The average Bonchev–Trinajstić information content (AvgIpc) is 2.89. The number of alkyl halides is 2. The maximum Gasteiger partial charge on any atom is 0.410 e. The Morgan fingerprint density at radius 3 is 2.11 bits per heavy atom. The van der Waals surface area contributed by atoms with Crippen molar-refractivity contribution < 1.29 is 32.6 Å². The molecule has 1 saturated carbocycles. The molecule has 2 aliphatic heterocycles. The number of carbonyl (C=O) groups is 3. The zero-order chi connectivity index (χ0) is 21.1. The van der Waals surface area contributed by atoms with Gasteiger partial charge in [0.2, 0.25) is 5.91 Å². The van der Waals surface area contributed by atoms with Crippen molar-refractivity contribution in [2.24, 2.45) is 16.7 Å². The Labute approximate surface area is 163 Å². The lowest BCUT2D eigenvalue weighted by Crippen LogP contribution is -2.64. The number of likely N-dealkylation sites (tertiary alicyclic amines) is 2. The summed E-state index contributed by atoms with van der Waals surface area (Å²) in [7, 11) is 0. The van der Waals surface area contributed by atoms with Crippen molar-refractivity contribution in [1.29, 1.82) is 0 Å². The molecular weight excluding hydrogens is 374 g/mol. The summed E-state index contributed by atoms with van der Waals surface area (Å²) in [6.45, 7) is 9.07. The first kappa shape index (κ1) is 20.8. The van der Waals surface area contributed by atoms with E-state index < -0.39 is 52.7 Å². The van der Waals surface area contributed by atoms with Crippen molar-refractivity contribution >= 4 is 18.0 Å². The summed E-state index contributed by atoms with van der Waals surface area (Å²) in [5.41, 5.74) is -3.02. The highest BCUT2D eigenvalue weighted by molar-refractivity contribution is 5.88.